The molecule has 0 heterocycles. The van der Waals surface area contributed by atoms with Crippen LogP contribution in [0.4, 0.5) is 0 Å². The molecule has 52 heavy (non-hydrogen) atoms. The van der Waals surface area contributed by atoms with E-state index >= 15 is 0 Å². The normalized spacial score (nSPS) is 14.7. The summed E-state index contributed by atoms with van der Waals surface area (Å²) in [6, 6.07) is -0.872. The molecule has 0 saturated heterocycles. The Hall–Kier alpha value is -1.02. The first kappa shape index (κ1) is 51.0. The smallest absolute Gasteiger partial charge is 0.387 e. The van der Waals surface area contributed by atoms with Gasteiger partial charge in [0.1, 0.15) is 13.2 Å². The van der Waals surface area contributed by atoms with E-state index in [0.29, 0.717) is 17.4 Å². The molecule has 3 atom stereocenters. The first-order chi connectivity index (χ1) is 25.0. The summed E-state index contributed by atoms with van der Waals surface area (Å²) in [6.07, 6.45) is 41.3. The summed E-state index contributed by atoms with van der Waals surface area (Å²) in [5.41, 5.74) is 0. The van der Waals surface area contributed by atoms with E-state index in [-0.39, 0.29) is 19.1 Å². The summed E-state index contributed by atoms with van der Waals surface area (Å²) >= 11 is 0. The Morgan fingerprint density at radius 3 is 1.52 bits per heavy atom. The number of aliphatic hydroxyl groups excluding tert-OH is 1. The number of phosphoric ester groups is 1. The van der Waals surface area contributed by atoms with Crippen LogP contribution in [0.5, 0.6) is 0 Å². The van der Waals surface area contributed by atoms with Crippen molar-refractivity contribution >= 4 is 13.7 Å². The van der Waals surface area contributed by atoms with Crippen LogP contribution in [0.1, 0.15) is 194 Å². The zero-order chi connectivity index (χ0) is 38.6. The Labute approximate surface area is 322 Å². The number of phosphoric acid groups is 1. The number of hydrogen-bond donors (Lipinski definition) is 3. The Morgan fingerprint density at radius 2 is 1.08 bits per heavy atom. The lowest BCUT2D eigenvalue weighted by Crippen LogP contribution is -2.45. The minimum absolute atomic E-state index is 0.0550. The van der Waals surface area contributed by atoms with E-state index < -0.39 is 20.0 Å². The van der Waals surface area contributed by atoms with E-state index in [4.69, 9.17) is 9.05 Å². The second-order valence-electron chi connectivity index (χ2n) is 16.1. The zero-order valence-electron chi connectivity index (χ0n) is 34.8. The molecule has 0 radical (unpaired) electrons. The third-order valence-corrected chi connectivity index (χ3v) is 10.7. The van der Waals surface area contributed by atoms with Gasteiger partial charge < -0.3 is 19.8 Å². The van der Waals surface area contributed by atoms with Gasteiger partial charge in [0.05, 0.1) is 39.9 Å². The largest absolute Gasteiger partial charge is 0.472 e. The van der Waals surface area contributed by atoms with Gasteiger partial charge in [-0.25, -0.2) is 4.57 Å². The summed E-state index contributed by atoms with van der Waals surface area (Å²) in [5.74, 6) is -0.194. The molecule has 0 aromatic rings. The molecule has 0 saturated carbocycles. The van der Waals surface area contributed by atoms with E-state index in [1.807, 2.05) is 27.2 Å². The fraction of sp³-hybridized carbons (Fsp3) is 0.884. The van der Waals surface area contributed by atoms with Crippen molar-refractivity contribution < 1.29 is 32.9 Å². The fourth-order valence-electron chi connectivity index (χ4n) is 6.22. The van der Waals surface area contributed by atoms with Crippen molar-refractivity contribution in [2.75, 3.05) is 40.9 Å². The van der Waals surface area contributed by atoms with Gasteiger partial charge in [-0.2, -0.15) is 0 Å². The number of aliphatic hydroxyl groups is 1. The van der Waals surface area contributed by atoms with Gasteiger partial charge in [-0.1, -0.05) is 192 Å². The van der Waals surface area contributed by atoms with Crippen molar-refractivity contribution in [3.63, 3.8) is 0 Å². The zero-order valence-corrected chi connectivity index (χ0v) is 35.7. The van der Waals surface area contributed by atoms with Crippen LogP contribution in [0, 0.1) is 0 Å². The summed E-state index contributed by atoms with van der Waals surface area (Å²) in [4.78, 5) is 23.0. The summed E-state index contributed by atoms with van der Waals surface area (Å²) in [5, 5.41) is 13.7. The lowest BCUT2D eigenvalue weighted by atomic mass is 10.0. The molecule has 0 aliphatic rings. The second kappa shape index (κ2) is 35.7. The average Bonchev–Trinajstić information content (AvgIpc) is 3.09. The van der Waals surface area contributed by atoms with Gasteiger partial charge in [0, 0.05) is 6.42 Å². The van der Waals surface area contributed by atoms with Crippen LogP contribution in [0.25, 0.3) is 0 Å². The number of carbonyl (C=O) groups is 1. The summed E-state index contributed by atoms with van der Waals surface area (Å²) in [7, 11) is 1.55. The Kier molecular flexibility index (Phi) is 35.0. The number of hydrogen-bond acceptors (Lipinski definition) is 5. The summed E-state index contributed by atoms with van der Waals surface area (Å²) in [6.45, 7) is 4.74. The highest BCUT2D eigenvalue weighted by atomic mass is 31.2. The molecular formula is C43H86N2O6P+. The third-order valence-electron chi connectivity index (χ3n) is 9.73. The van der Waals surface area contributed by atoms with E-state index in [2.05, 4.69) is 25.2 Å². The first-order valence-corrected chi connectivity index (χ1v) is 23.2. The standard InChI is InChI=1S/C43H85N2O6P/c1-6-8-10-12-14-16-17-18-19-20-21-22-23-24-25-26-27-29-31-33-35-37-43(47)44-41(40-51-52(48,49)50-39-38-45(3,4)5)42(46)36-34-32-30-28-15-13-11-9-7-2/h30,32,34,36,41-42,46H,6-29,31,33,35,37-40H2,1-5H3,(H-,44,47,48,49)/p+1/b32-30+,36-34+/t41-,42+/m0/s1. The van der Waals surface area contributed by atoms with Crippen molar-refractivity contribution in [2.24, 2.45) is 0 Å². The fourth-order valence-corrected chi connectivity index (χ4v) is 6.95. The number of allylic oxidation sites excluding steroid dienone is 3. The highest BCUT2D eigenvalue weighted by Gasteiger charge is 2.27. The molecule has 9 heteroatoms. The number of nitrogens with one attached hydrogen (secondary N) is 1. The molecule has 308 valence electrons. The van der Waals surface area contributed by atoms with Gasteiger partial charge in [-0.15, -0.1) is 0 Å². The molecule has 0 aromatic carbocycles. The SMILES string of the molecule is CCCCCCC/C=C/C=C/[C@@H](O)[C@H](COP(=O)(O)OCC[N+](C)(C)C)NC(=O)CCCCCCCCCCCCCCCCCCCCCCC. The van der Waals surface area contributed by atoms with E-state index in [1.54, 1.807) is 12.2 Å². The Bertz CT molecular complexity index is 907. The molecule has 1 amide bonds. The molecule has 0 aliphatic heterocycles. The molecule has 8 nitrogen and oxygen atoms in total. The highest BCUT2D eigenvalue weighted by Crippen LogP contribution is 2.43. The third kappa shape index (κ3) is 37.3. The van der Waals surface area contributed by atoms with Crippen LogP contribution in [0.2, 0.25) is 0 Å². The number of carbonyl (C=O) groups excluding carboxylic acids is 1. The molecule has 1 unspecified atom stereocenters. The lowest BCUT2D eigenvalue weighted by Gasteiger charge is -2.25. The van der Waals surface area contributed by atoms with Crippen LogP contribution < -0.4 is 5.32 Å². The summed E-state index contributed by atoms with van der Waals surface area (Å²) < 4.78 is 23.4. The van der Waals surface area contributed by atoms with E-state index in [1.165, 1.54) is 141 Å². The van der Waals surface area contributed by atoms with Gasteiger partial charge in [0.15, 0.2) is 0 Å². The van der Waals surface area contributed by atoms with Crippen molar-refractivity contribution in [2.45, 2.75) is 206 Å². The maximum Gasteiger partial charge on any atom is 0.472 e. The van der Waals surface area contributed by atoms with Crippen molar-refractivity contribution in [1.82, 2.24) is 5.32 Å². The number of nitrogens with zero attached hydrogens (tertiary/aromatic N) is 1. The van der Waals surface area contributed by atoms with Crippen molar-refractivity contribution in [3.8, 4) is 0 Å². The van der Waals surface area contributed by atoms with Crippen LogP contribution in [-0.2, 0) is 18.4 Å². The van der Waals surface area contributed by atoms with Crippen LogP contribution in [0.15, 0.2) is 24.3 Å². The molecule has 0 aromatic heterocycles. The maximum absolute atomic E-state index is 12.8. The number of likely N-dealkylation sites (N-methyl/N-ethyl adjacent to an activating group) is 1. The van der Waals surface area contributed by atoms with Gasteiger partial charge in [0.25, 0.3) is 0 Å². The second-order valence-corrected chi connectivity index (χ2v) is 17.6. The maximum atomic E-state index is 12.8. The number of unbranched alkanes of at least 4 members (excludes halogenated alkanes) is 25. The topological polar surface area (TPSA) is 105 Å². The molecule has 0 rings (SSSR count). The monoisotopic (exact) mass is 758 g/mol. The van der Waals surface area contributed by atoms with Crippen LogP contribution in [0.3, 0.4) is 0 Å². The molecule has 0 bridgehead atoms. The predicted octanol–water partition coefficient (Wildman–Crippen LogP) is 11.7. The molecular weight excluding hydrogens is 671 g/mol. The van der Waals surface area contributed by atoms with Crippen molar-refractivity contribution in [1.29, 1.82) is 0 Å². The lowest BCUT2D eigenvalue weighted by molar-refractivity contribution is -0.870. The van der Waals surface area contributed by atoms with Gasteiger partial charge in [0.2, 0.25) is 5.91 Å². The molecule has 3 N–H and O–H groups in total. The quantitative estimate of drug-likeness (QED) is 0.0250. The van der Waals surface area contributed by atoms with Gasteiger partial charge >= 0.3 is 7.82 Å². The number of rotatable bonds is 39. The van der Waals surface area contributed by atoms with Gasteiger partial charge in [-0.05, 0) is 19.3 Å². The number of quaternary nitrogens is 1. The highest BCUT2D eigenvalue weighted by molar-refractivity contribution is 7.47. The van der Waals surface area contributed by atoms with Crippen LogP contribution >= 0.6 is 7.82 Å². The molecule has 0 aliphatic carbocycles. The van der Waals surface area contributed by atoms with Crippen molar-refractivity contribution in [3.05, 3.63) is 24.3 Å². The van der Waals surface area contributed by atoms with Crippen LogP contribution in [-0.4, -0.2) is 73.4 Å². The minimum atomic E-state index is -4.34. The average molecular weight is 758 g/mol. The van der Waals surface area contributed by atoms with Gasteiger partial charge in [-0.3, -0.25) is 13.8 Å². The molecule has 0 spiro atoms. The first-order valence-electron chi connectivity index (χ1n) is 21.7. The minimum Gasteiger partial charge on any atom is -0.387 e. The number of amides is 1. The van der Waals surface area contributed by atoms with E-state index in [9.17, 15) is 19.4 Å². The Morgan fingerprint density at radius 1 is 0.654 bits per heavy atom. The predicted molar refractivity (Wildman–Crippen MR) is 221 cm³/mol. The Balaban J connectivity index is 4.25. The van der Waals surface area contributed by atoms with E-state index in [0.717, 1.165) is 32.1 Å². The molecule has 0 fully saturated rings.